The van der Waals surface area contributed by atoms with E-state index in [0.717, 1.165) is 14.6 Å². The molecule has 0 heterocycles. The average Bonchev–Trinajstić information content (AvgIpc) is 1.80. The van der Waals surface area contributed by atoms with Crippen LogP contribution in [0.1, 0.15) is 0 Å². The van der Waals surface area contributed by atoms with E-state index in [9.17, 15) is 0 Å². The van der Waals surface area contributed by atoms with Gasteiger partial charge in [0.1, 0.15) is 5.69 Å². The maximum atomic E-state index is 3.77. The van der Waals surface area contributed by atoms with Gasteiger partial charge in [-0.2, -0.15) is 0 Å². The van der Waals surface area contributed by atoms with Gasteiger partial charge < -0.3 is 18.1 Å². The highest BCUT2D eigenvalue weighted by molar-refractivity contribution is 9.13. The third-order valence-corrected chi connectivity index (χ3v) is 2.86. The Morgan fingerprint density at radius 2 is 1.70 bits per heavy atom. The maximum Gasteiger partial charge on any atom is 0.129 e. The van der Waals surface area contributed by atoms with E-state index in [4.69, 9.17) is 0 Å². The Bertz CT molecular complexity index is 227. The molecule has 0 aliphatic carbocycles. The van der Waals surface area contributed by atoms with Crippen LogP contribution in [-0.2, 0) is 0 Å². The zero-order valence-electron chi connectivity index (χ0n) is 5.07. The van der Waals surface area contributed by atoms with E-state index in [1.165, 1.54) is 0 Å². The van der Waals surface area contributed by atoms with Gasteiger partial charge in [-0.25, -0.2) is 0 Å². The Hall–Kier alpha value is 0.430. The molecule has 0 fully saturated rings. The highest BCUT2D eigenvalue weighted by Gasteiger charge is 1.95. The molecule has 56 valence electrons. The van der Waals surface area contributed by atoms with E-state index in [2.05, 4.69) is 37.6 Å². The van der Waals surface area contributed by atoms with Gasteiger partial charge in [-0.05, 0) is 37.9 Å². The Labute approximate surface area is 82.7 Å². The summed E-state index contributed by atoms with van der Waals surface area (Å²) in [7, 11) is 0. The maximum absolute atomic E-state index is 3.77. The first-order chi connectivity index (χ1) is 4.20. The molecule has 4 heteroatoms. The minimum absolute atomic E-state index is 0. The van der Waals surface area contributed by atoms with E-state index in [-0.39, 0.29) is 12.4 Å². The number of quaternary nitrogens is 1. The third kappa shape index (κ3) is 2.58. The molecule has 1 rings (SSSR count). The summed E-state index contributed by atoms with van der Waals surface area (Å²) in [5, 5.41) is 0. The van der Waals surface area contributed by atoms with Crippen molar-refractivity contribution in [3.8, 4) is 0 Å². The summed E-state index contributed by atoms with van der Waals surface area (Å²) in [4.78, 5) is 0. The molecule has 0 radical (unpaired) electrons. The van der Waals surface area contributed by atoms with Crippen molar-refractivity contribution in [1.82, 2.24) is 0 Å². The number of hydrogen-bond acceptors (Lipinski definition) is 0. The molecule has 1 aromatic rings. The number of benzene rings is 1. The van der Waals surface area contributed by atoms with Crippen LogP contribution in [0.2, 0.25) is 0 Å². The molecule has 0 aliphatic heterocycles. The predicted molar refractivity (Wildman–Crippen MR) is 44.4 cm³/mol. The van der Waals surface area contributed by atoms with Gasteiger partial charge in [0.2, 0.25) is 0 Å². The van der Waals surface area contributed by atoms with Crippen LogP contribution in [-0.4, -0.2) is 0 Å². The van der Waals surface area contributed by atoms with Crippen LogP contribution in [0.3, 0.4) is 0 Å². The van der Waals surface area contributed by atoms with Crippen molar-refractivity contribution in [3.63, 3.8) is 0 Å². The van der Waals surface area contributed by atoms with Crippen LogP contribution in [0.5, 0.6) is 0 Å². The van der Waals surface area contributed by atoms with Gasteiger partial charge >= 0.3 is 0 Å². The van der Waals surface area contributed by atoms with Crippen LogP contribution < -0.4 is 18.1 Å². The monoisotopic (exact) mass is 285 g/mol. The molecule has 10 heavy (non-hydrogen) atoms. The van der Waals surface area contributed by atoms with Gasteiger partial charge in [0.25, 0.3) is 0 Å². The first-order valence-electron chi connectivity index (χ1n) is 2.47. The van der Waals surface area contributed by atoms with Crippen molar-refractivity contribution >= 4 is 37.5 Å². The standard InChI is InChI=1S/C6H5Br2N.ClH/c7-5-2-1-4(9)3-6(5)8;/h1-3H,9H2;1H. The van der Waals surface area contributed by atoms with Gasteiger partial charge in [0.15, 0.2) is 0 Å². The van der Waals surface area contributed by atoms with Crippen molar-refractivity contribution < 1.29 is 18.1 Å². The van der Waals surface area contributed by atoms with E-state index >= 15 is 0 Å². The lowest BCUT2D eigenvalue weighted by Crippen LogP contribution is -3.00. The molecule has 0 saturated heterocycles. The first kappa shape index (κ1) is 10.4. The predicted octanol–water partition coefficient (Wildman–Crippen LogP) is -0.911. The topological polar surface area (TPSA) is 27.6 Å². The quantitative estimate of drug-likeness (QED) is 0.640. The van der Waals surface area contributed by atoms with Crippen molar-refractivity contribution in [2.45, 2.75) is 0 Å². The molecule has 0 aliphatic rings. The van der Waals surface area contributed by atoms with Crippen LogP contribution in [0.4, 0.5) is 5.69 Å². The molecule has 0 unspecified atom stereocenters. The van der Waals surface area contributed by atoms with Crippen molar-refractivity contribution in [2.75, 3.05) is 0 Å². The molecule has 1 aromatic carbocycles. The average molecular weight is 287 g/mol. The fourth-order valence-electron chi connectivity index (χ4n) is 0.540. The molecule has 3 N–H and O–H groups in total. The Morgan fingerprint density at radius 3 is 2.10 bits per heavy atom. The Kier molecular flexibility index (Phi) is 4.52. The molecule has 0 aromatic heterocycles. The van der Waals surface area contributed by atoms with Gasteiger partial charge in [-0.3, -0.25) is 0 Å². The lowest BCUT2D eigenvalue weighted by Gasteiger charge is -1.92. The fraction of sp³-hybridized carbons (Fsp3) is 0. The summed E-state index contributed by atoms with van der Waals surface area (Å²) >= 11 is 6.71. The Balaban J connectivity index is 0.000000810. The van der Waals surface area contributed by atoms with Gasteiger partial charge in [-0.1, -0.05) is 0 Å². The molecule has 0 spiro atoms. The summed E-state index contributed by atoms with van der Waals surface area (Å²) < 4.78 is 2.12. The normalized spacial score (nSPS) is 8.70. The SMILES string of the molecule is [Cl-].[NH3+]c1ccc(Br)c(Br)c1. The molecule has 0 saturated carbocycles. The van der Waals surface area contributed by atoms with E-state index in [1.807, 2.05) is 18.2 Å². The van der Waals surface area contributed by atoms with Gasteiger partial charge in [0, 0.05) is 21.1 Å². The zero-order valence-corrected chi connectivity index (χ0v) is 9.00. The molecule has 0 bridgehead atoms. The summed E-state index contributed by atoms with van der Waals surface area (Å²) in [6.45, 7) is 0. The first-order valence-corrected chi connectivity index (χ1v) is 4.06. The van der Waals surface area contributed by atoms with Gasteiger partial charge in [-0.15, -0.1) is 0 Å². The van der Waals surface area contributed by atoms with Crippen LogP contribution >= 0.6 is 31.9 Å². The van der Waals surface area contributed by atoms with E-state index in [1.54, 1.807) is 0 Å². The summed E-state index contributed by atoms with van der Waals surface area (Å²) in [5.74, 6) is 0. The second-order valence-corrected chi connectivity index (χ2v) is 3.46. The van der Waals surface area contributed by atoms with Crippen LogP contribution in [0.15, 0.2) is 27.1 Å². The van der Waals surface area contributed by atoms with E-state index in [0.29, 0.717) is 0 Å². The van der Waals surface area contributed by atoms with Crippen LogP contribution in [0.25, 0.3) is 0 Å². The second-order valence-electron chi connectivity index (χ2n) is 1.75. The fourth-order valence-corrected chi connectivity index (χ4v) is 1.21. The lowest BCUT2D eigenvalue weighted by atomic mass is 10.3. The molecule has 1 nitrogen and oxygen atoms in total. The van der Waals surface area contributed by atoms with Gasteiger partial charge in [0.05, 0.1) is 0 Å². The molecule has 0 atom stereocenters. The minimum atomic E-state index is 0. The molecular weight excluding hydrogens is 281 g/mol. The number of hydrogen-bond donors (Lipinski definition) is 1. The second kappa shape index (κ2) is 4.34. The summed E-state index contributed by atoms with van der Waals surface area (Å²) in [6.07, 6.45) is 0. The highest BCUT2D eigenvalue weighted by Crippen LogP contribution is 2.23. The van der Waals surface area contributed by atoms with Crippen LogP contribution in [0, 0.1) is 0 Å². The zero-order chi connectivity index (χ0) is 6.85. The largest absolute Gasteiger partial charge is 1.00 e. The Morgan fingerprint density at radius 1 is 1.10 bits per heavy atom. The smallest absolute Gasteiger partial charge is 0.129 e. The van der Waals surface area contributed by atoms with Crippen molar-refractivity contribution in [2.24, 2.45) is 0 Å². The van der Waals surface area contributed by atoms with E-state index < -0.39 is 0 Å². The van der Waals surface area contributed by atoms with Crippen molar-refractivity contribution in [3.05, 3.63) is 27.1 Å². The minimum Gasteiger partial charge on any atom is -1.00 e. The summed E-state index contributed by atoms with van der Waals surface area (Å²) in [6, 6.07) is 5.88. The lowest BCUT2D eigenvalue weighted by molar-refractivity contribution is -0.254. The summed E-state index contributed by atoms with van der Waals surface area (Å²) in [5.41, 5.74) is 4.79. The molecular formula is C6H6Br2ClN. The molecule has 0 amide bonds. The number of halogens is 3. The third-order valence-electron chi connectivity index (χ3n) is 0.984. The number of rotatable bonds is 0. The van der Waals surface area contributed by atoms with Crippen molar-refractivity contribution in [1.29, 1.82) is 0 Å². The highest BCUT2D eigenvalue weighted by atomic mass is 79.9.